The summed E-state index contributed by atoms with van der Waals surface area (Å²) in [4.78, 5) is 32.4. The Morgan fingerprint density at radius 2 is 2.00 bits per heavy atom. The maximum Gasteiger partial charge on any atom is 0.251 e. The van der Waals surface area contributed by atoms with E-state index in [1.165, 1.54) is 0 Å². The SMILES string of the molecule is CCNC(=O)c1ccc2[nH]nc(-c3nc4cc5c(cc4[nH]3)C(C)(C)C(=O)N5)c2c1. The molecule has 1 aliphatic heterocycles. The van der Waals surface area contributed by atoms with Gasteiger partial charge in [0.15, 0.2) is 5.82 Å². The molecule has 0 aliphatic carbocycles. The van der Waals surface area contributed by atoms with Crippen molar-refractivity contribution in [1.29, 1.82) is 0 Å². The second-order valence-corrected chi connectivity index (χ2v) is 7.77. The van der Waals surface area contributed by atoms with E-state index in [1.807, 2.05) is 45.0 Å². The van der Waals surface area contributed by atoms with E-state index in [0.717, 1.165) is 33.2 Å². The molecule has 0 saturated heterocycles. The Morgan fingerprint density at radius 3 is 2.79 bits per heavy atom. The average molecular weight is 388 g/mol. The number of anilines is 1. The molecule has 0 atom stereocenters. The van der Waals surface area contributed by atoms with Crippen LogP contribution in [0, 0.1) is 0 Å². The Bertz CT molecular complexity index is 1310. The lowest BCUT2D eigenvalue weighted by atomic mass is 9.86. The van der Waals surface area contributed by atoms with Crippen LogP contribution in [-0.2, 0) is 10.2 Å². The molecule has 0 fully saturated rings. The number of hydrogen-bond donors (Lipinski definition) is 4. The molecular formula is C21H20N6O2. The lowest BCUT2D eigenvalue weighted by Crippen LogP contribution is -2.26. The van der Waals surface area contributed by atoms with Crippen molar-refractivity contribution in [3.8, 4) is 11.5 Å². The van der Waals surface area contributed by atoms with Crippen molar-refractivity contribution in [1.82, 2.24) is 25.5 Å². The predicted octanol–water partition coefficient (Wildman–Crippen LogP) is 3.09. The quantitative estimate of drug-likeness (QED) is 0.432. The molecule has 5 rings (SSSR count). The number of carbonyl (C=O) groups is 2. The predicted molar refractivity (Wildman–Crippen MR) is 111 cm³/mol. The third-order valence-electron chi connectivity index (χ3n) is 5.50. The second-order valence-electron chi connectivity index (χ2n) is 7.77. The largest absolute Gasteiger partial charge is 0.352 e. The molecule has 4 N–H and O–H groups in total. The summed E-state index contributed by atoms with van der Waals surface area (Å²) in [6, 6.07) is 9.27. The summed E-state index contributed by atoms with van der Waals surface area (Å²) in [5, 5.41) is 13.9. The van der Waals surface area contributed by atoms with E-state index < -0.39 is 5.41 Å². The summed E-state index contributed by atoms with van der Waals surface area (Å²) in [6.07, 6.45) is 0. The third-order valence-corrected chi connectivity index (χ3v) is 5.50. The summed E-state index contributed by atoms with van der Waals surface area (Å²) in [5.74, 6) is 0.462. The van der Waals surface area contributed by atoms with Gasteiger partial charge in [0.05, 0.1) is 22.0 Å². The minimum atomic E-state index is -0.588. The van der Waals surface area contributed by atoms with Crippen LogP contribution in [0.5, 0.6) is 0 Å². The summed E-state index contributed by atoms with van der Waals surface area (Å²) >= 11 is 0. The Hall–Kier alpha value is -3.68. The fourth-order valence-corrected chi connectivity index (χ4v) is 3.79. The van der Waals surface area contributed by atoms with E-state index in [1.54, 1.807) is 6.07 Å². The van der Waals surface area contributed by atoms with E-state index in [2.05, 4.69) is 30.8 Å². The van der Waals surface area contributed by atoms with Gasteiger partial charge in [-0.1, -0.05) is 0 Å². The Morgan fingerprint density at radius 1 is 1.17 bits per heavy atom. The average Bonchev–Trinajstić information content (AvgIpc) is 3.34. The van der Waals surface area contributed by atoms with Crippen molar-refractivity contribution in [3.05, 3.63) is 41.5 Å². The standard InChI is InChI=1S/C21H20N6O2/c1-4-22-19(28)10-5-6-13-11(7-10)17(27-26-13)18-23-15-8-12-14(9-16(15)24-18)25-20(29)21(12,2)3/h5-9H,4H2,1-3H3,(H,22,28)(H,23,24)(H,25,29)(H,26,27). The summed E-state index contributed by atoms with van der Waals surface area (Å²) in [7, 11) is 0. The van der Waals surface area contributed by atoms with Gasteiger partial charge in [0, 0.05) is 23.2 Å². The molecule has 1 aliphatic rings. The molecule has 0 radical (unpaired) electrons. The van der Waals surface area contributed by atoms with Crippen LogP contribution >= 0.6 is 0 Å². The summed E-state index contributed by atoms with van der Waals surface area (Å²) in [6.45, 7) is 6.26. The number of H-pyrrole nitrogens is 2. The van der Waals surface area contributed by atoms with Crippen molar-refractivity contribution >= 4 is 39.4 Å². The van der Waals surface area contributed by atoms with Gasteiger partial charge >= 0.3 is 0 Å². The van der Waals surface area contributed by atoms with Crippen LogP contribution < -0.4 is 10.6 Å². The first-order chi connectivity index (χ1) is 13.9. The van der Waals surface area contributed by atoms with E-state index >= 15 is 0 Å². The minimum absolute atomic E-state index is 0.0171. The monoisotopic (exact) mass is 388 g/mol. The van der Waals surface area contributed by atoms with Crippen LogP contribution in [0.3, 0.4) is 0 Å². The highest BCUT2D eigenvalue weighted by Gasteiger charge is 2.38. The van der Waals surface area contributed by atoms with Gasteiger partial charge in [-0.2, -0.15) is 5.10 Å². The van der Waals surface area contributed by atoms with Gasteiger partial charge in [-0.25, -0.2) is 4.98 Å². The smallest absolute Gasteiger partial charge is 0.251 e. The zero-order chi connectivity index (χ0) is 20.3. The molecule has 0 unspecified atom stereocenters. The van der Waals surface area contributed by atoms with Crippen LogP contribution in [-0.4, -0.2) is 38.5 Å². The number of aromatic nitrogens is 4. The maximum atomic E-state index is 12.2. The lowest BCUT2D eigenvalue weighted by Gasteiger charge is -2.14. The highest BCUT2D eigenvalue weighted by atomic mass is 16.2. The van der Waals surface area contributed by atoms with Crippen molar-refractivity contribution in [2.45, 2.75) is 26.2 Å². The number of fused-ring (bicyclic) bond motifs is 3. The van der Waals surface area contributed by atoms with Crippen LogP contribution in [0.25, 0.3) is 33.5 Å². The zero-order valence-corrected chi connectivity index (χ0v) is 16.3. The van der Waals surface area contributed by atoms with Crippen LogP contribution in [0.2, 0.25) is 0 Å². The molecule has 2 aromatic carbocycles. The molecule has 8 heteroatoms. The van der Waals surface area contributed by atoms with E-state index in [9.17, 15) is 9.59 Å². The topological polar surface area (TPSA) is 116 Å². The molecular weight excluding hydrogens is 368 g/mol. The molecule has 0 bridgehead atoms. The Kier molecular flexibility index (Phi) is 3.55. The Balaban J connectivity index is 1.63. The minimum Gasteiger partial charge on any atom is -0.352 e. The second kappa shape index (κ2) is 5.91. The number of nitrogens with zero attached hydrogens (tertiary/aromatic N) is 2. The van der Waals surface area contributed by atoms with Crippen LogP contribution in [0.15, 0.2) is 30.3 Å². The molecule has 3 heterocycles. The number of nitrogens with one attached hydrogen (secondary N) is 4. The fraction of sp³-hybridized carbons (Fsp3) is 0.238. The number of hydrogen-bond acceptors (Lipinski definition) is 4. The molecule has 146 valence electrons. The molecule has 4 aromatic rings. The molecule has 0 saturated carbocycles. The van der Waals surface area contributed by atoms with Gasteiger partial charge < -0.3 is 15.6 Å². The third kappa shape index (κ3) is 2.52. The number of benzene rings is 2. The molecule has 8 nitrogen and oxygen atoms in total. The Labute approximate surface area is 166 Å². The summed E-state index contributed by atoms with van der Waals surface area (Å²) in [5.41, 5.74) is 4.76. The van der Waals surface area contributed by atoms with Gasteiger partial charge in [0.1, 0.15) is 5.69 Å². The van der Waals surface area contributed by atoms with E-state index in [0.29, 0.717) is 23.6 Å². The maximum absolute atomic E-state index is 12.2. The number of imidazole rings is 1. The van der Waals surface area contributed by atoms with E-state index in [4.69, 9.17) is 0 Å². The highest BCUT2D eigenvalue weighted by molar-refractivity contribution is 6.08. The first-order valence-electron chi connectivity index (χ1n) is 9.51. The van der Waals surface area contributed by atoms with E-state index in [-0.39, 0.29) is 11.8 Å². The number of aromatic amines is 2. The number of amides is 2. The number of carbonyl (C=O) groups excluding carboxylic acids is 2. The highest BCUT2D eigenvalue weighted by Crippen LogP contribution is 2.39. The first kappa shape index (κ1) is 17.4. The molecule has 29 heavy (non-hydrogen) atoms. The zero-order valence-electron chi connectivity index (χ0n) is 16.3. The van der Waals surface area contributed by atoms with Crippen LogP contribution in [0.4, 0.5) is 5.69 Å². The van der Waals surface area contributed by atoms with Crippen molar-refractivity contribution < 1.29 is 9.59 Å². The molecule has 0 spiro atoms. The van der Waals surface area contributed by atoms with Gasteiger partial charge in [-0.3, -0.25) is 14.7 Å². The van der Waals surface area contributed by atoms with Gasteiger partial charge in [0.25, 0.3) is 5.91 Å². The van der Waals surface area contributed by atoms with Crippen LogP contribution in [0.1, 0.15) is 36.7 Å². The van der Waals surface area contributed by atoms with Gasteiger partial charge in [-0.05, 0) is 56.7 Å². The fourth-order valence-electron chi connectivity index (χ4n) is 3.79. The summed E-state index contributed by atoms with van der Waals surface area (Å²) < 4.78 is 0. The van der Waals surface area contributed by atoms with Crippen molar-refractivity contribution in [2.75, 3.05) is 11.9 Å². The lowest BCUT2D eigenvalue weighted by molar-refractivity contribution is -0.119. The van der Waals surface area contributed by atoms with Gasteiger partial charge in [-0.15, -0.1) is 0 Å². The molecule has 2 amide bonds. The number of rotatable bonds is 3. The normalized spacial score (nSPS) is 14.9. The van der Waals surface area contributed by atoms with Gasteiger partial charge in [0.2, 0.25) is 5.91 Å². The van der Waals surface area contributed by atoms with Crippen molar-refractivity contribution in [2.24, 2.45) is 0 Å². The van der Waals surface area contributed by atoms with Crippen molar-refractivity contribution in [3.63, 3.8) is 0 Å². The first-order valence-corrected chi connectivity index (χ1v) is 9.51. The molecule has 2 aromatic heterocycles.